The van der Waals surface area contributed by atoms with E-state index in [0.717, 1.165) is 0 Å². The molecule has 0 aliphatic carbocycles. The zero-order chi connectivity index (χ0) is 14.0. The minimum Gasteiger partial charge on any atom is -0.469 e. The average molecular weight is 258 g/mol. The second-order valence-corrected chi connectivity index (χ2v) is 3.43. The number of rotatable bonds is 7. The van der Waals surface area contributed by atoms with E-state index in [4.69, 9.17) is 4.74 Å². The first-order chi connectivity index (χ1) is 8.47. The van der Waals surface area contributed by atoms with Crippen LogP contribution >= 0.6 is 0 Å². The molecule has 0 unspecified atom stereocenters. The van der Waals surface area contributed by atoms with Gasteiger partial charge in [0.2, 0.25) is 0 Å². The van der Waals surface area contributed by atoms with Gasteiger partial charge < -0.3 is 20.1 Å². The van der Waals surface area contributed by atoms with Crippen molar-refractivity contribution in [2.75, 3.05) is 26.8 Å². The van der Waals surface area contributed by atoms with Gasteiger partial charge in [-0.05, 0) is 6.92 Å². The van der Waals surface area contributed by atoms with E-state index >= 15 is 0 Å². The van der Waals surface area contributed by atoms with E-state index in [1.165, 1.54) is 14.0 Å². The first-order valence-electron chi connectivity index (χ1n) is 5.38. The van der Waals surface area contributed by atoms with E-state index in [0.29, 0.717) is 5.57 Å². The number of hydrogen-bond donors (Lipinski definition) is 2. The van der Waals surface area contributed by atoms with Gasteiger partial charge in [0.15, 0.2) is 0 Å². The lowest BCUT2D eigenvalue weighted by molar-refractivity contribution is -0.140. The summed E-state index contributed by atoms with van der Waals surface area (Å²) >= 11 is 0. The molecule has 0 aromatic carbocycles. The summed E-state index contributed by atoms with van der Waals surface area (Å²) in [4.78, 5) is 32.9. The van der Waals surface area contributed by atoms with Gasteiger partial charge in [0, 0.05) is 12.1 Å². The van der Waals surface area contributed by atoms with Crippen LogP contribution in [0.2, 0.25) is 0 Å². The maximum atomic E-state index is 11.2. The molecule has 0 fully saturated rings. The highest BCUT2D eigenvalue weighted by atomic mass is 16.5. The van der Waals surface area contributed by atoms with Crippen LogP contribution in [0.15, 0.2) is 12.2 Å². The molecule has 0 aromatic rings. The number of esters is 2. The topological polar surface area (TPSA) is 93.7 Å². The molecule has 2 N–H and O–H groups in total. The minimum absolute atomic E-state index is 0.0656. The lowest BCUT2D eigenvalue weighted by Crippen LogP contribution is -2.38. The number of hydrogen-bond acceptors (Lipinski definition) is 5. The lowest BCUT2D eigenvalue weighted by atomic mass is 10.4. The summed E-state index contributed by atoms with van der Waals surface area (Å²) < 4.78 is 9.16. The number of carbonyl (C=O) groups is 3. The molecule has 102 valence electrons. The van der Waals surface area contributed by atoms with E-state index in [9.17, 15) is 14.4 Å². The van der Waals surface area contributed by atoms with Gasteiger partial charge in [-0.1, -0.05) is 6.58 Å². The first kappa shape index (κ1) is 16.0. The Bertz CT molecular complexity index is 327. The number of carbonyl (C=O) groups excluding carboxylic acids is 3. The Morgan fingerprint density at radius 1 is 1.17 bits per heavy atom. The monoisotopic (exact) mass is 258 g/mol. The summed E-state index contributed by atoms with van der Waals surface area (Å²) in [6.45, 7) is 5.39. The van der Waals surface area contributed by atoms with Crippen LogP contribution in [-0.2, 0) is 19.1 Å². The van der Waals surface area contributed by atoms with Crippen LogP contribution in [0, 0.1) is 0 Å². The first-order valence-corrected chi connectivity index (χ1v) is 5.38. The van der Waals surface area contributed by atoms with E-state index in [1.54, 1.807) is 0 Å². The lowest BCUT2D eigenvalue weighted by Gasteiger charge is -2.07. The number of ether oxygens (including phenoxy) is 2. The Morgan fingerprint density at radius 2 is 1.78 bits per heavy atom. The molecule has 0 saturated carbocycles. The van der Waals surface area contributed by atoms with Crippen LogP contribution < -0.4 is 10.6 Å². The molecule has 0 aromatic heterocycles. The minimum atomic E-state index is -0.497. The zero-order valence-electron chi connectivity index (χ0n) is 10.6. The normalized spacial score (nSPS) is 9.22. The molecule has 0 rings (SSSR count). The maximum Gasteiger partial charge on any atom is 0.333 e. The molecule has 0 heterocycles. The molecular formula is C11H18N2O5. The Kier molecular flexibility index (Phi) is 8.00. The Balaban J connectivity index is 3.51. The van der Waals surface area contributed by atoms with Gasteiger partial charge in [0.05, 0.1) is 20.1 Å². The quantitative estimate of drug-likeness (QED) is 0.380. The molecule has 7 heteroatoms. The van der Waals surface area contributed by atoms with Crippen LogP contribution in [0.1, 0.15) is 13.3 Å². The van der Waals surface area contributed by atoms with Gasteiger partial charge >= 0.3 is 18.0 Å². The van der Waals surface area contributed by atoms with Crippen LogP contribution in [-0.4, -0.2) is 44.8 Å². The highest BCUT2D eigenvalue weighted by molar-refractivity contribution is 5.86. The molecule has 0 spiro atoms. The van der Waals surface area contributed by atoms with E-state index in [1.807, 2.05) is 0 Å². The van der Waals surface area contributed by atoms with Crippen LogP contribution in [0.3, 0.4) is 0 Å². The smallest absolute Gasteiger partial charge is 0.333 e. The van der Waals surface area contributed by atoms with E-state index in [2.05, 4.69) is 21.9 Å². The molecule has 2 amide bonds. The molecule has 0 aliphatic heterocycles. The zero-order valence-corrected chi connectivity index (χ0v) is 10.6. The van der Waals surface area contributed by atoms with Gasteiger partial charge in [-0.25, -0.2) is 9.59 Å². The van der Waals surface area contributed by atoms with Gasteiger partial charge in [-0.15, -0.1) is 0 Å². The molecule has 7 nitrogen and oxygen atoms in total. The van der Waals surface area contributed by atoms with Crippen LogP contribution in [0.4, 0.5) is 4.79 Å². The summed E-state index contributed by atoms with van der Waals surface area (Å²) in [6.07, 6.45) is 0.106. The van der Waals surface area contributed by atoms with Crippen molar-refractivity contribution in [1.29, 1.82) is 0 Å². The summed E-state index contributed by atoms with van der Waals surface area (Å²) in [5.74, 6) is -0.895. The molecule has 0 radical (unpaired) electrons. The third-order valence-corrected chi connectivity index (χ3v) is 1.81. The van der Waals surface area contributed by atoms with Gasteiger partial charge in [-0.3, -0.25) is 4.79 Å². The van der Waals surface area contributed by atoms with E-state index < -0.39 is 18.0 Å². The fraction of sp³-hybridized carbons (Fsp3) is 0.545. The van der Waals surface area contributed by atoms with Crippen molar-refractivity contribution < 1.29 is 23.9 Å². The van der Waals surface area contributed by atoms with Crippen molar-refractivity contribution in [2.24, 2.45) is 0 Å². The Hall–Kier alpha value is -2.05. The fourth-order valence-electron chi connectivity index (χ4n) is 0.874. The van der Waals surface area contributed by atoms with E-state index in [-0.39, 0.29) is 26.1 Å². The molecule has 18 heavy (non-hydrogen) atoms. The van der Waals surface area contributed by atoms with Gasteiger partial charge in [-0.2, -0.15) is 0 Å². The average Bonchev–Trinajstić information content (AvgIpc) is 2.33. The Morgan fingerprint density at radius 3 is 2.33 bits per heavy atom. The van der Waals surface area contributed by atoms with Crippen molar-refractivity contribution in [2.45, 2.75) is 13.3 Å². The molecule has 0 aliphatic rings. The van der Waals surface area contributed by atoms with Crippen molar-refractivity contribution in [3.63, 3.8) is 0 Å². The van der Waals surface area contributed by atoms with Crippen molar-refractivity contribution in [3.05, 3.63) is 12.2 Å². The maximum absolute atomic E-state index is 11.2. The van der Waals surface area contributed by atoms with Gasteiger partial charge in [0.1, 0.15) is 6.61 Å². The number of nitrogens with one attached hydrogen (secondary N) is 2. The summed E-state index contributed by atoms with van der Waals surface area (Å²) in [5.41, 5.74) is 0.303. The number of amides is 2. The molecule has 0 atom stereocenters. The third-order valence-electron chi connectivity index (χ3n) is 1.81. The van der Waals surface area contributed by atoms with Gasteiger partial charge in [0.25, 0.3) is 0 Å². The third kappa shape index (κ3) is 8.14. The van der Waals surface area contributed by atoms with Crippen molar-refractivity contribution in [3.8, 4) is 0 Å². The SMILES string of the molecule is C=C(C)C(=O)OCCNC(=O)NCCC(=O)OC. The van der Waals surface area contributed by atoms with Crippen molar-refractivity contribution >= 4 is 18.0 Å². The largest absolute Gasteiger partial charge is 0.469 e. The molecular weight excluding hydrogens is 240 g/mol. The molecule has 0 saturated heterocycles. The van der Waals surface area contributed by atoms with Crippen LogP contribution in [0.25, 0.3) is 0 Å². The second-order valence-electron chi connectivity index (χ2n) is 3.43. The second kappa shape index (κ2) is 9.03. The highest BCUT2D eigenvalue weighted by Gasteiger charge is 2.04. The predicted molar refractivity (Wildman–Crippen MR) is 63.8 cm³/mol. The number of urea groups is 1. The number of methoxy groups -OCH3 is 1. The summed E-state index contributed by atoms with van der Waals surface area (Å²) in [6, 6.07) is -0.440. The highest BCUT2D eigenvalue weighted by Crippen LogP contribution is 1.90. The molecule has 0 bridgehead atoms. The predicted octanol–water partition coefficient (Wildman–Crippen LogP) is -0.0320. The Labute approximate surface area is 106 Å². The van der Waals surface area contributed by atoms with Crippen molar-refractivity contribution in [1.82, 2.24) is 10.6 Å². The standard InChI is InChI=1S/C11H18N2O5/c1-8(2)10(15)18-7-6-13-11(16)12-5-4-9(14)17-3/h1,4-7H2,2-3H3,(H2,12,13,16). The summed E-state index contributed by atoms with van der Waals surface area (Å²) in [7, 11) is 1.28. The van der Waals surface area contributed by atoms with Crippen LogP contribution in [0.5, 0.6) is 0 Å². The summed E-state index contributed by atoms with van der Waals surface area (Å²) in [5, 5.41) is 4.91. The fourth-order valence-corrected chi connectivity index (χ4v) is 0.874.